The molecular weight excluding hydrogens is 424 g/mol. The summed E-state index contributed by atoms with van der Waals surface area (Å²) in [5, 5.41) is 0.889. The Morgan fingerprint density at radius 3 is 2.61 bits per heavy atom. The third-order valence-electron chi connectivity index (χ3n) is 5.79. The van der Waals surface area contributed by atoms with Crippen LogP contribution >= 0.6 is 0 Å². The summed E-state index contributed by atoms with van der Waals surface area (Å²) in [5.74, 6) is -3.38. The van der Waals surface area contributed by atoms with Gasteiger partial charge in [-0.1, -0.05) is 54.6 Å². The molecule has 0 aliphatic carbocycles. The number of pyridine rings is 2. The quantitative estimate of drug-likeness (QED) is 0.432. The van der Waals surface area contributed by atoms with Crippen LogP contribution in [0.5, 0.6) is 5.88 Å². The van der Waals surface area contributed by atoms with Crippen molar-refractivity contribution in [3.05, 3.63) is 90.8 Å². The zero-order chi connectivity index (χ0) is 22.8. The topological polar surface area (TPSA) is 55.3 Å². The van der Waals surface area contributed by atoms with Crippen molar-refractivity contribution < 1.29 is 18.3 Å². The molecule has 4 aromatic rings. The molecule has 0 saturated carbocycles. The van der Waals surface area contributed by atoms with Crippen molar-refractivity contribution in [2.75, 3.05) is 13.1 Å². The minimum atomic E-state index is -3.09. The molecule has 1 amide bonds. The molecule has 5 rings (SSSR count). The Bertz CT molecular complexity index is 1300. The first-order chi connectivity index (χ1) is 16.0. The number of para-hydroxylation sites is 1. The molecule has 3 heterocycles. The van der Waals surface area contributed by atoms with Crippen LogP contribution in [0.25, 0.3) is 22.0 Å². The van der Waals surface area contributed by atoms with Gasteiger partial charge in [0.2, 0.25) is 5.88 Å². The van der Waals surface area contributed by atoms with Crippen molar-refractivity contribution >= 4 is 16.8 Å². The molecule has 33 heavy (non-hydrogen) atoms. The molecule has 1 fully saturated rings. The number of piperidine rings is 1. The largest absolute Gasteiger partial charge is 0.466 e. The number of likely N-dealkylation sites (tertiary alicyclic amines) is 1. The Labute approximate surface area is 189 Å². The number of hydrogen-bond donors (Lipinski definition) is 0. The van der Waals surface area contributed by atoms with Gasteiger partial charge in [-0.25, -0.2) is 13.8 Å². The number of halogens is 2. The van der Waals surface area contributed by atoms with Gasteiger partial charge in [0.1, 0.15) is 5.69 Å². The second kappa shape index (κ2) is 8.58. The third kappa shape index (κ3) is 4.26. The van der Waals surface area contributed by atoms with Crippen LogP contribution in [0.15, 0.2) is 85.1 Å². The fourth-order valence-corrected chi connectivity index (χ4v) is 4.01. The number of alkyl halides is 2. The van der Waals surface area contributed by atoms with E-state index in [4.69, 9.17) is 4.74 Å². The minimum absolute atomic E-state index is 0.0817. The van der Waals surface area contributed by atoms with Gasteiger partial charge in [-0.2, -0.15) is 0 Å². The SMILES string of the molecule is O=C(c1ncccc1-c1ccccc1)N1CCC(F)(F)C(Oc2ccc3ccccc3n2)C1. The van der Waals surface area contributed by atoms with Crippen molar-refractivity contribution in [3.8, 4) is 17.0 Å². The Balaban J connectivity index is 1.40. The van der Waals surface area contributed by atoms with Crippen molar-refractivity contribution in [1.82, 2.24) is 14.9 Å². The van der Waals surface area contributed by atoms with Crippen LogP contribution in [0, 0.1) is 0 Å². The number of hydrogen-bond acceptors (Lipinski definition) is 4. The number of benzene rings is 2. The smallest absolute Gasteiger partial charge is 0.287 e. The summed E-state index contributed by atoms with van der Waals surface area (Å²) in [4.78, 5) is 23.3. The summed E-state index contributed by atoms with van der Waals surface area (Å²) in [5.41, 5.74) is 2.39. The van der Waals surface area contributed by atoms with Crippen molar-refractivity contribution in [1.29, 1.82) is 0 Å². The molecule has 0 spiro atoms. The highest BCUT2D eigenvalue weighted by Gasteiger charge is 2.47. The van der Waals surface area contributed by atoms with E-state index < -0.39 is 24.4 Å². The molecule has 1 atom stereocenters. The first kappa shape index (κ1) is 21.0. The predicted molar refractivity (Wildman–Crippen MR) is 121 cm³/mol. The molecule has 2 aromatic heterocycles. The summed E-state index contributed by atoms with van der Waals surface area (Å²) < 4.78 is 35.1. The van der Waals surface area contributed by atoms with Crippen molar-refractivity contribution in [3.63, 3.8) is 0 Å². The number of carbonyl (C=O) groups excluding carboxylic acids is 1. The normalized spacial score (nSPS) is 17.6. The van der Waals surface area contributed by atoms with Crippen LogP contribution in [0.4, 0.5) is 8.78 Å². The summed E-state index contributed by atoms with van der Waals surface area (Å²) in [6, 6.07) is 23.7. The first-order valence-electron chi connectivity index (χ1n) is 10.7. The maximum Gasteiger partial charge on any atom is 0.287 e. The number of nitrogens with zero attached hydrogens (tertiary/aromatic N) is 3. The molecule has 2 aromatic carbocycles. The van der Waals surface area contributed by atoms with E-state index in [0.717, 1.165) is 10.9 Å². The highest BCUT2D eigenvalue weighted by atomic mass is 19.3. The fraction of sp³-hybridized carbons (Fsp3) is 0.192. The lowest BCUT2D eigenvalue weighted by Crippen LogP contribution is -2.55. The van der Waals surface area contributed by atoms with Crippen LogP contribution in [0.3, 0.4) is 0 Å². The van der Waals surface area contributed by atoms with E-state index in [-0.39, 0.29) is 24.7 Å². The van der Waals surface area contributed by atoms with Crippen LogP contribution < -0.4 is 4.74 Å². The van der Waals surface area contributed by atoms with Gasteiger partial charge in [-0.05, 0) is 23.8 Å². The average Bonchev–Trinajstić information content (AvgIpc) is 2.85. The Morgan fingerprint density at radius 1 is 0.970 bits per heavy atom. The summed E-state index contributed by atoms with van der Waals surface area (Å²) in [6.45, 7) is -0.340. The van der Waals surface area contributed by atoms with E-state index in [9.17, 15) is 13.6 Å². The van der Waals surface area contributed by atoms with E-state index in [1.165, 1.54) is 11.1 Å². The number of ether oxygens (including phenoxy) is 1. The number of aromatic nitrogens is 2. The fourth-order valence-electron chi connectivity index (χ4n) is 4.01. The zero-order valence-corrected chi connectivity index (χ0v) is 17.7. The lowest BCUT2D eigenvalue weighted by atomic mass is 10.0. The maximum absolute atomic E-state index is 14.7. The minimum Gasteiger partial charge on any atom is -0.466 e. The molecule has 5 nitrogen and oxygen atoms in total. The number of carbonyl (C=O) groups is 1. The van der Waals surface area contributed by atoms with Gasteiger partial charge >= 0.3 is 0 Å². The van der Waals surface area contributed by atoms with Gasteiger partial charge in [0.25, 0.3) is 11.8 Å². The van der Waals surface area contributed by atoms with Crippen molar-refractivity contribution in [2.24, 2.45) is 0 Å². The van der Waals surface area contributed by atoms with Gasteiger partial charge in [-0.15, -0.1) is 0 Å². The monoisotopic (exact) mass is 445 g/mol. The highest BCUT2D eigenvalue weighted by Crippen LogP contribution is 2.33. The first-order valence-corrected chi connectivity index (χ1v) is 10.7. The van der Waals surface area contributed by atoms with Crippen LogP contribution in [0.2, 0.25) is 0 Å². The molecule has 7 heteroatoms. The van der Waals surface area contributed by atoms with E-state index in [1.54, 1.807) is 30.3 Å². The molecule has 166 valence electrons. The molecule has 1 unspecified atom stereocenters. The van der Waals surface area contributed by atoms with E-state index in [1.807, 2.05) is 48.5 Å². The van der Waals surface area contributed by atoms with E-state index in [2.05, 4.69) is 9.97 Å². The zero-order valence-electron chi connectivity index (χ0n) is 17.7. The highest BCUT2D eigenvalue weighted by molar-refractivity contribution is 5.99. The van der Waals surface area contributed by atoms with Gasteiger partial charge < -0.3 is 9.64 Å². The molecule has 1 aliphatic rings. The van der Waals surface area contributed by atoms with Crippen LogP contribution in [-0.4, -0.2) is 45.9 Å². The summed E-state index contributed by atoms with van der Waals surface area (Å²) >= 11 is 0. The number of amides is 1. The van der Waals surface area contributed by atoms with Gasteiger partial charge in [-0.3, -0.25) is 9.78 Å². The summed E-state index contributed by atoms with van der Waals surface area (Å²) in [7, 11) is 0. The lowest BCUT2D eigenvalue weighted by molar-refractivity contribution is -0.131. The average molecular weight is 445 g/mol. The summed E-state index contributed by atoms with van der Waals surface area (Å²) in [6.07, 6.45) is -0.469. The number of fused-ring (bicyclic) bond motifs is 1. The molecule has 0 radical (unpaired) electrons. The van der Waals surface area contributed by atoms with Crippen molar-refractivity contribution in [2.45, 2.75) is 18.4 Å². The van der Waals surface area contributed by atoms with Gasteiger partial charge in [0.15, 0.2) is 6.10 Å². The second-order valence-electron chi connectivity index (χ2n) is 7.98. The standard InChI is InChI=1S/C26H21F2N3O2/c27-26(28)14-16-31(17-22(26)33-23-13-12-19-9-4-5-11-21(19)30-23)25(32)24-20(10-6-15-29-24)18-7-2-1-3-8-18/h1-13,15,22H,14,16-17H2. The second-order valence-corrected chi connectivity index (χ2v) is 7.98. The molecule has 1 aliphatic heterocycles. The predicted octanol–water partition coefficient (Wildman–Crippen LogP) is 5.23. The van der Waals surface area contributed by atoms with E-state index >= 15 is 0 Å². The molecule has 0 N–H and O–H groups in total. The number of rotatable bonds is 4. The Kier molecular flexibility index (Phi) is 5.46. The molecule has 1 saturated heterocycles. The Morgan fingerprint density at radius 2 is 1.76 bits per heavy atom. The third-order valence-corrected chi connectivity index (χ3v) is 5.79. The van der Waals surface area contributed by atoms with Gasteiger partial charge in [0, 0.05) is 36.2 Å². The molecule has 0 bridgehead atoms. The Hall–Kier alpha value is -3.87. The molecular formula is C26H21F2N3O2. The maximum atomic E-state index is 14.7. The van der Waals surface area contributed by atoms with Gasteiger partial charge in [0.05, 0.1) is 12.1 Å². The van der Waals surface area contributed by atoms with E-state index in [0.29, 0.717) is 11.1 Å². The van der Waals surface area contributed by atoms with Crippen LogP contribution in [0.1, 0.15) is 16.9 Å². The van der Waals surface area contributed by atoms with Crippen LogP contribution in [-0.2, 0) is 0 Å². The lowest BCUT2D eigenvalue weighted by Gasteiger charge is -2.38.